The van der Waals surface area contributed by atoms with Crippen LogP contribution in [0.3, 0.4) is 0 Å². The Balaban J connectivity index is 2.37. The molecule has 1 atom stereocenters. The Hall–Kier alpha value is -1.26. The maximum absolute atomic E-state index is 10.8. The molecule has 11 heavy (non-hydrogen) atoms. The Morgan fingerprint density at radius 1 is 1.64 bits per heavy atom. The lowest BCUT2D eigenvalue weighted by atomic mass is 10.5. The van der Waals surface area contributed by atoms with Gasteiger partial charge in [0.05, 0.1) is 13.7 Å². The molecule has 5 nitrogen and oxygen atoms in total. The molecule has 0 bridgehead atoms. The average molecular weight is 158 g/mol. The largest absolute Gasteiger partial charge is 0.467 e. The number of carbonyl (C=O) groups excluding carboxylic acids is 2. The zero-order chi connectivity index (χ0) is 8.43. The molecule has 0 aromatic heterocycles. The van der Waals surface area contributed by atoms with Crippen LogP contribution in [0.15, 0.2) is 0 Å². The highest BCUT2D eigenvalue weighted by Crippen LogP contribution is 2.17. The summed E-state index contributed by atoms with van der Waals surface area (Å²) in [6.45, 7) is 0.465. The standard InChI is InChI=1S/C6H10N2O3/c1-7-6(10)8-3-4(8)5(9)11-2/h4H,3H2,1-2H3,(H,7,10). The van der Waals surface area contributed by atoms with Crippen molar-refractivity contribution in [1.82, 2.24) is 10.2 Å². The summed E-state index contributed by atoms with van der Waals surface area (Å²) in [5.41, 5.74) is 0. The Bertz CT molecular complexity index is 172. The molecule has 0 aromatic rings. The van der Waals surface area contributed by atoms with Crippen LogP contribution in [0.4, 0.5) is 4.79 Å². The third-order valence-electron chi connectivity index (χ3n) is 1.56. The van der Waals surface area contributed by atoms with Crippen molar-refractivity contribution in [2.24, 2.45) is 0 Å². The Morgan fingerprint density at radius 2 is 2.27 bits per heavy atom. The molecule has 5 heteroatoms. The van der Waals surface area contributed by atoms with Crippen molar-refractivity contribution in [2.75, 3.05) is 20.7 Å². The van der Waals surface area contributed by atoms with Crippen molar-refractivity contribution < 1.29 is 14.3 Å². The lowest BCUT2D eigenvalue weighted by Crippen LogP contribution is -2.28. The van der Waals surface area contributed by atoms with Crippen LogP contribution in [0.2, 0.25) is 0 Å². The van der Waals surface area contributed by atoms with Crippen molar-refractivity contribution in [1.29, 1.82) is 0 Å². The molecule has 1 rings (SSSR count). The molecule has 0 saturated carbocycles. The second kappa shape index (κ2) is 2.77. The normalized spacial score (nSPS) is 20.9. The Morgan fingerprint density at radius 3 is 2.73 bits per heavy atom. The number of nitrogens with zero attached hydrogens (tertiary/aromatic N) is 1. The van der Waals surface area contributed by atoms with Gasteiger partial charge in [-0.15, -0.1) is 0 Å². The van der Waals surface area contributed by atoms with Gasteiger partial charge in [0.25, 0.3) is 0 Å². The van der Waals surface area contributed by atoms with Gasteiger partial charge in [-0.3, -0.25) is 0 Å². The van der Waals surface area contributed by atoms with Gasteiger partial charge in [-0.25, -0.2) is 9.59 Å². The Kier molecular flexibility index (Phi) is 1.98. The summed E-state index contributed by atoms with van der Waals surface area (Å²) in [6, 6.07) is -0.597. The summed E-state index contributed by atoms with van der Waals surface area (Å²) >= 11 is 0. The molecule has 1 unspecified atom stereocenters. The fourth-order valence-electron chi connectivity index (χ4n) is 0.845. The summed E-state index contributed by atoms with van der Waals surface area (Å²) in [5, 5.41) is 2.42. The van der Waals surface area contributed by atoms with Gasteiger partial charge in [0.15, 0.2) is 0 Å². The maximum Gasteiger partial charge on any atom is 0.330 e. The number of urea groups is 1. The van der Waals surface area contributed by atoms with E-state index < -0.39 is 0 Å². The van der Waals surface area contributed by atoms with E-state index in [1.165, 1.54) is 19.1 Å². The van der Waals surface area contributed by atoms with Gasteiger partial charge in [0, 0.05) is 7.05 Å². The molecule has 1 fully saturated rings. The van der Waals surface area contributed by atoms with E-state index in [2.05, 4.69) is 10.1 Å². The van der Waals surface area contributed by atoms with Gasteiger partial charge in [-0.1, -0.05) is 0 Å². The third-order valence-corrected chi connectivity index (χ3v) is 1.56. The van der Waals surface area contributed by atoms with Gasteiger partial charge in [0.1, 0.15) is 6.04 Å². The number of amides is 2. The highest BCUT2D eigenvalue weighted by molar-refractivity contribution is 5.88. The molecule has 0 spiro atoms. The summed E-state index contributed by atoms with van der Waals surface area (Å²) in [6.07, 6.45) is 0. The highest BCUT2D eigenvalue weighted by atomic mass is 16.5. The molecular weight excluding hydrogens is 148 g/mol. The van der Waals surface area contributed by atoms with Crippen molar-refractivity contribution in [2.45, 2.75) is 6.04 Å². The third kappa shape index (κ3) is 1.42. The highest BCUT2D eigenvalue weighted by Gasteiger charge is 2.44. The van der Waals surface area contributed by atoms with Crippen LogP contribution in [-0.2, 0) is 9.53 Å². The molecule has 62 valence electrons. The van der Waals surface area contributed by atoms with Crippen LogP contribution >= 0.6 is 0 Å². The summed E-state index contributed by atoms with van der Waals surface area (Å²) in [7, 11) is 2.83. The second-order valence-corrected chi connectivity index (χ2v) is 2.25. The van der Waals surface area contributed by atoms with Crippen LogP contribution < -0.4 is 5.32 Å². The smallest absolute Gasteiger partial charge is 0.330 e. The minimum atomic E-state index is -0.361. The molecule has 0 aromatic carbocycles. The summed E-state index contributed by atoms with van der Waals surface area (Å²) in [4.78, 5) is 23.0. The number of hydrogen-bond acceptors (Lipinski definition) is 3. The topological polar surface area (TPSA) is 58.4 Å². The summed E-state index contributed by atoms with van der Waals surface area (Å²) in [5.74, 6) is -0.353. The van der Waals surface area contributed by atoms with Gasteiger partial charge < -0.3 is 15.0 Å². The van der Waals surface area contributed by atoms with E-state index in [0.717, 1.165) is 0 Å². The zero-order valence-corrected chi connectivity index (χ0v) is 6.46. The molecule has 2 amide bonds. The van der Waals surface area contributed by atoms with E-state index in [0.29, 0.717) is 6.54 Å². The van der Waals surface area contributed by atoms with Crippen molar-refractivity contribution >= 4 is 12.0 Å². The monoisotopic (exact) mass is 158 g/mol. The van der Waals surface area contributed by atoms with Crippen molar-refractivity contribution in [3.05, 3.63) is 0 Å². The number of carbonyl (C=O) groups is 2. The first kappa shape index (κ1) is 7.84. The second-order valence-electron chi connectivity index (χ2n) is 2.25. The van der Waals surface area contributed by atoms with Gasteiger partial charge >= 0.3 is 12.0 Å². The van der Waals surface area contributed by atoms with Crippen LogP contribution in [0.1, 0.15) is 0 Å². The van der Waals surface area contributed by atoms with Gasteiger partial charge in [0.2, 0.25) is 0 Å². The van der Waals surface area contributed by atoms with Crippen molar-refractivity contribution in [3.8, 4) is 0 Å². The van der Waals surface area contributed by atoms with Crippen LogP contribution in [0.25, 0.3) is 0 Å². The van der Waals surface area contributed by atoms with E-state index in [1.54, 1.807) is 0 Å². The van der Waals surface area contributed by atoms with Gasteiger partial charge in [-0.05, 0) is 0 Å². The Labute approximate surface area is 64.3 Å². The molecule has 1 saturated heterocycles. The van der Waals surface area contributed by atoms with Crippen LogP contribution in [0, 0.1) is 0 Å². The number of esters is 1. The van der Waals surface area contributed by atoms with E-state index in [1.807, 2.05) is 0 Å². The molecule has 0 aliphatic carbocycles. The SMILES string of the molecule is CNC(=O)N1CC1C(=O)OC. The number of methoxy groups -OCH3 is 1. The molecule has 1 heterocycles. The van der Waals surface area contributed by atoms with Crippen molar-refractivity contribution in [3.63, 3.8) is 0 Å². The molecule has 1 aliphatic rings. The number of nitrogens with one attached hydrogen (secondary N) is 1. The summed E-state index contributed by atoms with van der Waals surface area (Å²) < 4.78 is 4.44. The first-order chi connectivity index (χ1) is 5.20. The van der Waals surface area contributed by atoms with Crippen LogP contribution in [0.5, 0.6) is 0 Å². The predicted octanol–water partition coefficient (Wildman–Crippen LogP) is -0.817. The molecule has 1 aliphatic heterocycles. The lowest BCUT2D eigenvalue weighted by molar-refractivity contribution is -0.140. The van der Waals surface area contributed by atoms with Crippen LogP contribution in [-0.4, -0.2) is 43.6 Å². The fraction of sp³-hybridized carbons (Fsp3) is 0.667. The minimum absolute atomic E-state index is 0.236. The number of rotatable bonds is 1. The first-order valence-electron chi connectivity index (χ1n) is 3.27. The predicted molar refractivity (Wildman–Crippen MR) is 37.0 cm³/mol. The maximum atomic E-state index is 10.8. The quantitative estimate of drug-likeness (QED) is 0.401. The number of hydrogen-bond donors (Lipinski definition) is 1. The number of ether oxygens (including phenoxy) is 1. The van der Waals surface area contributed by atoms with E-state index in [4.69, 9.17) is 0 Å². The zero-order valence-electron chi connectivity index (χ0n) is 6.46. The molecule has 1 N–H and O–H groups in total. The fourth-order valence-corrected chi connectivity index (χ4v) is 0.845. The van der Waals surface area contributed by atoms with Gasteiger partial charge in [-0.2, -0.15) is 0 Å². The molecular formula is C6H10N2O3. The average Bonchev–Trinajstić information content (AvgIpc) is 2.80. The molecule has 0 radical (unpaired) electrons. The van der Waals surface area contributed by atoms with E-state index in [-0.39, 0.29) is 18.0 Å². The van der Waals surface area contributed by atoms with E-state index >= 15 is 0 Å². The van der Waals surface area contributed by atoms with E-state index in [9.17, 15) is 9.59 Å². The first-order valence-corrected chi connectivity index (χ1v) is 3.27. The lowest BCUT2D eigenvalue weighted by Gasteiger charge is -2.00. The minimum Gasteiger partial charge on any atom is -0.467 e.